The summed E-state index contributed by atoms with van der Waals surface area (Å²) in [4.78, 5) is 11.2. The third kappa shape index (κ3) is 3.55. The van der Waals surface area contributed by atoms with Crippen LogP contribution in [0.2, 0.25) is 0 Å². The maximum absolute atomic E-state index is 12.2. The maximum atomic E-state index is 12.2. The van der Waals surface area contributed by atoms with Crippen LogP contribution < -0.4 is 0 Å². The van der Waals surface area contributed by atoms with E-state index in [0.717, 1.165) is 0 Å². The molecule has 0 aliphatic carbocycles. The van der Waals surface area contributed by atoms with Crippen LogP contribution in [0.15, 0.2) is 28.7 Å². The summed E-state index contributed by atoms with van der Waals surface area (Å²) in [6.45, 7) is 0. The van der Waals surface area contributed by atoms with E-state index in [1.165, 1.54) is 12.1 Å². The molecule has 0 unspecified atom stereocenters. The van der Waals surface area contributed by atoms with Crippen molar-refractivity contribution in [2.75, 3.05) is 5.75 Å². The molecule has 0 N–H and O–H groups in total. The van der Waals surface area contributed by atoms with Gasteiger partial charge >= 0.3 is 10.2 Å². The molecular formula is C8H6BrFO3S. The Balaban J connectivity index is 2.91. The predicted molar refractivity (Wildman–Crippen MR) is 53.4 cm³/mol. The Kier molecular flexibility index (Phi) is 3.38. The lowest BCUT2D eigenvalue weighted by Gasteiger charge is -1.98. The molecule has 1 aromatic carbocycles. The van der Waals surface area contributed by atoms with Crippen molar-refractivity contribution >= 4 is 31.9 Å². The summed E-state index contributed by atoms with van der Waals surface area (Å²) in [5.41, 5.74) is 0.167. The van der Waals surface area contributed by atoms with Gasteiger partial charge in [0.15, 0.2) is 5.78 Å². The Hall–Kier alpha value is -0.750. The van der Waals surface area contributed by atoms with Gasteiger partial charge in [0.25, 0.3) is 0 Å². The molecule has 0 bridgehead atoms. The molecule has 0 heterocycles. The molecule has 0 amide bonds. The van der Waals surface area contributed by atoms with Gasteiger partial charge in [0.2, 0.25) is 0 Å². The van der Waals surface area contributed by atoms with E-state index in [1.807, 2.05) is 0 Å². The summed E-state index contributed by atoms with van der Waals surface area (Å²) in [6, 6.07) is 6.12. The highest BCUT2D eigenvalue weighted by molar-refractivity contribution is 9.10. The van der Waals surface area contributed by atoms with Crippen LogP contribution in [0.25, 0.3) is 0 Å². The third-order valence-corrected chi connectivity index (χ3v) is 2.55. The quantitative estimate of drug-likeness (QED) is 0.628. The van der Waals surface area contributed by atoms with Crippen LogP contribution in [0.3, 0.4) is 0 Å². The number of Topliss-reactive ketones (excluding diaryl/α,β-unsaturated/α-hetero) is 1. The van der Waals surface area contributed by atoms with Crippen LogP contribution in [-0.4, -0.2) is 20.0 Å². The average molecular weight is 281 g/mol. The number of carbonyl (C=O) groups excluding carboxylic acids is 1. The van der Waals surface area contributed by atoms with Crippen LogP contribution in [0.4, 0.5) is 3.89 Å². The number of hydrogen-bond donors (Lipinski definition) is 0. The highest BCUT2D eigenvalue weighted by atomic mass is 79.9. The minimum absolute atomic E-state index is 0.167. The van der Waals surface area contributed by atoms with Gasteiger partial charge in [0, 0.05) is 10.0 Å². The van der Waals surface area contributed by atoms with Crippen LogP contribution in [0, 0.1) is 0 Å². The predicted octanol–water partition coefficient (Wildman–Crippen LogP) is 1.93. The monoisotopic (exact) mass is 280 g/mol. The lowest BCUT2D eigenvalue weighted by atomic mass is 10.2. The van der Waals surface area contributed by atoms with Crippen molar-refractivity contribution in [2.24, 2.45) is 0 Å². The van der Waals surface area contributed by atoms with Crippen molar-refractivity contribution in [3.63, 3.8) is 0 Å². The zero-order valence-corrected chi connectivity index (χ0v) is 9.31. The zero-order valence-electron chi connectivity index (χ0n) is 6.91. The third-order valence-electron chi connectivity index (χ3n) is 1.45. The summed E-state index contributed by atoms with van der Waals surface area (Å²) in [7, 11) is -4.75. The number of halogens is 2. The fourth-order valence-electron chi connectivity index (χ4n) is 0.902. The van der Waals surface area contributed by atoms with Crippen molar-refractivity contribution in [3.8, 4) is 0 Å². The van der Waals surface area contributed by atoms with Crippen LogP contribution in [0.1, 0.15) is 10.4 Å². The summed E-state index contributed by atoms with van der Waals surface area (Å²) in [6.07, 6.45) is 0. The second-order valence-corrected chi connectivity index (χ2v) is 4.90. The minimum atomic E-state index is -4.75. The van der Waals surface area contributed by atoms with E-state index in [4.69, 9.17) is 0 Å². The van der Waals surface area contributed by atoms with Gasteiger partial charge in [0.05, 0.1) is 0 Å². The molecule has 3 nitrogen and oxygen atoms in total. The molecular weight excluding hydrogens is 275 g/mol. The maximum Gasteiger partial charge on any atom is 0.309 e. The SMILES string of the molecule is O=C(CS(=O)(=O)F)c1cccc(Br)c1. The van der Waals surface area contributed by atoms with E-state index in [2.05, 4.69) is 15.9 Å². The summed E-state index contributed by atoms with van der Waals surface area (Å²) >= 11 is 3.11. The molecule has 0 atom stereocenters. The lowest BCUT2D eigenvalue weighted by Crippen LogP contribution is -2.11. The van der Waals surface area contributed by atoms with E-state index in [0.29, 0.717) is 4.47 Å². The van der Waals surface area contributed by atoms with Gasteiger partial charge in [-0.2, -0.15) is 8.42 Å². The van der Waals surface area contributed by atoms with Crippen molar-refractivity contribution in [3.05, 3.63) is 34.3 Å². The smallest absolute Gasteiger partial charge is 0.293 e. The molecule has 0 radical (unpaired) electrons. The molecule has 0 fully saturated rings. The second kappa shape index (κ2) is 4.18. The largest absolute Gasteiger partial charge is 0.309 e. The molecule has 1 rings (SSSR count). The minimum Gasteiger partial charge on any atom is -0.293 e. The fourth-order valence-corrected chi connectivity index (χ4v) is 1.78. The molecule has 0 aliphatic rings. The first-order chi connectivity index (χ1) is 6.38. The van der Waals surface area contributed by atoms with Crippen molar-refractivity contribution in [2.45, 2.75) is 0 Å². The fraction of sp³-hybridized carbons (Fsp3) is 0.125. The highest BCUT2D eigenvalue weighted by Gasteiger charge is 2.16. The van der Waals surface area contributed by atoms with Gasteiger partial charge in [-0.3, -0.25) is 4.79 Å². The molecule has 14 heavy (non-hydrogen) atoms. The molecule has 0 aliphatic heterocycles. The molecule has 0 aromatic heterocycles. The normalized spacial score (nSPS) is 11.3. The van der Waals surface area contributed by atoms with Gasteiger partial charge in [-0.1, -0.05) is 28.1 Å². The van der Waals surface area contributed by atoms with E-state index in [-0.39, 0.29) is 5.56 Å². The van der Waals surface area contributed by atoms with Gasteiger partial charge < -0.3 is 0 Å². The van der Waals surface area contributed by atoms with E-state index >= 15 is 0 Å². The lowest BCUT2D eigenvalue weighted by molar-refractivity contribution is 0.102. The summed E-state index contributed by atoms with van der Waals surface area (Å²) in [5, 5.41) is 0. The summed E-state index contributed by atoms with van der Waals surface area (Å²) < 4.78 is 33.2. The summed E-state index contributed by atoms with van der Waals surface area (Å²) in [5.74, 6) is -1.86. The van der Waals surface area contributed by atoms with E-state index < -0.39 is 21.8 Å². The van der Waals surface area contributed by atoms with Gasteiger partial charge in [-0.15, -0.1) is 3.89 Å². The van der Waals surface area contributed by atoms with Crippen LogP contribution in [0.5, 0.6) is 0 Å². The van der Waals surface area contributed by atoms with Crippen LogP contribution >= 0.6 is 15.9 Å². The number of hydrogen-bond acceptors (Lipinski definition) is 3. The molecule has 0 saturated carbocycles. The molecule has 76 valence electrons. The van der Waals surface area contributed by atoms with Crippen molar-refractivity contribution < 1.29 is 17.1 Å². The first kappa shape index (κ1) is 11.3. The number of ketones is 1. The standard InChI is InChI=1S/C8H6BrFO3S/c9-7-3-1-2-6(4-7)8(11)5-14(10,12)13/h1-4H,5H2. The molecule has 0 saturated heterocycles. The topological polar surface area (TPSA) is 51.2 Å². The van der Waals surface area contributed by atoms with Gasteiger partial charge in [-0.05, 0) is 12.1 Å². The highest BCUT2D eigenvalue weighted by Crippen LogP contribution is 2.12. The Labute approximate surface area is 89.3 Å². The molecule has 0 spiro atoms. The van der Waals surface area contributed by atoms with Crippen molar-refractivity contribution in [1.29, 1.82) is 0 Å². The molecule has 1 aromatic rings. The average Bonchev–Trinajstić information content (AvgIpc) is 2.01. The number of rotatable bonds is 3. The Bertz CT molecular complexity index is 455. The first-order valence-corrected chi connectivity index (χ1v) is 5.94. The van der Waals surface area contributed by atoms with E-state index in [1.54, 1.807) is 12.1 Å². The van der Waals surface area contributed by atoms with Gasteiger partial charge in [-0.25, -0.2) is 0 Å². The zero-order chi connectivity index (χ0) is 10.8. The second-order valence-electron chi connectivity index (χ2n) is 2.62. The first-order valence-electron chi connectivity index (χ1n) is 3.59. The number of benzene rings is 1. The van der Waals surface area contributed by atoms with Crippen LogP contribution in [-0.2, 0) is 10.2 Å². The Morgan fingerprint density at radius 2 is 2.07 bits per heavy atom. The van der Waals surface area contributed by atoms with E-state index in [9.17, 15) is 17.1 Å². The number of carbonyl (C=O) groups is 1. The Morgan fingerprint density at radius 3 is 2.57 bits per heavy atom. The van der Waals surface area contributed by atoms with Gasteiger partial charge in [0.1, 0.15) is 5.75 Å². The Morgan fingerprint density at radius 1 is 1.43 bits per heavy atom. The molecule has 6 heteroatoms. The van der Waals surface area contributed by atoms with Crippen molar-refractivity contribution in [1.82, 2.24) is 0 Å².